The molecule has 2 aromatic rings. The molecule has 0 saturated heterocycles. The van der Waals surface area contributed by atoms with E-state index in [9.17, 15) is 17.6 Å². The molecule has 1 amide bonds. The number of rotatable bonds is 4. The van der Waals surface area contributed by atoms with Crippen LogP contribution in [0.2, 0.25) is 0 Å². The van der Waals surface area contributed by atoms with Crippen molar-refractivity contribution in [1.29, 1.82) is 0 Å². The minimum Gasteiger partial charge on any atom is -0.350 e. The molecule has 1 aliphatic rings. The van der Waals surface area contributed by atoms with Crippen LogP contribution in [0.25, 0.3) is 0 Å². The summed E-state index contributed by atoms with van der Waals surface area (Å²) in [6, 6.07) is 6.15. The first-order valence-corrected chi connectivity index (χ1v) is 9.52. The first-order chi connectivity index (χ1) is 11.4. The summed E-state index contributed by atoms with van der Waals surface area (Å²) in [6.45, 7) is 1.98. The number of fused-ring (bicyclic) bond motifs is 1. The van der Waals surface area contributed by atoms with Gasteiger partial charge in [0.15, 0.2) is 9.84 Å². The van der Waals surface area contributed by atoms with Crippen molar-refractivity contribution in [1.82, 2.24) is 15.3 Å². The normalized spacial score (nSPS) is 17.9. The Hall–Kier alpha value is -2.22. The van der Waals surface area contributed by atoms with Gasteiger partial charge in [-0.15, -0.1) is 0 Å². The molecule has 2 heterocycles. The van der Waals surface area contributed by atoms with Crippen molar-refractivity contribution in [2.75, 3.05) is 12.3 Å². The molecule has 0 bridgehead atoms. The second kappa shape index (κ2) is 6.35. The van der Waals surface area contributed by atoms with Gasteiger partial charge in [-0.05, 0) is 24.1 Å². The zero-order chi connectivity index (χ0) is 17.3. The highest BCUT2D eigenvalue weighted by Crippen LogP contribution is 2.25. The van der Waals surface area contributed by atoms with Crippen molar-refractivity contribution < 1.29 is 17.6 Å². The molecule has 0 radical (unpaired) electrons. The van der Waals surface area contributed by atoms with E-state index in [2.05, 4.69) is 15.3 Å². The molecule has 1 unspecified atom stereocenters. The van der Waals surface area contributed by atoms with Crippen molar-refractivity contribution in [3.63, 3.8) is 0 Å². The number of carbonyl (C=O) groups is 1. The molecular weight excluding hydrogens is 333 g/mol. The third-order valence-corrected chi connectivity index (χ3v) is 5.73. The maximum absolute atomic E-state index is 13.1. The number of nitrogens with one attached hydrogen (secondary N) is 2. The molecule has 0 saturated carbocycles. The SMILES string of the molecule is CCS(=O)(=O)Cc1nc2c([nH]1)CC(c1ccc(F)cc1)CNC2=O. The molecule has 24 heavy (non-hydrogen) atoms. The minimum absolute atomic E-state index is 0.0166. The molecule has 1 aromatic heterocycles. The van der Waals surface area contributed by atoms with E-state index in [1.807, 2.05) is 0 Å². The number of halogens is 1. The fourth-order valence-electron chi connectivity index (χ4n) is 2.77. The van der Waals surface area contributed by atoms with Crippen LogP contribution in [-0.4, -0.2) is 36.6 Å². The van der Waals surface area contributed by atoms with Crippen molar-refractivity contribution in [2.45, 2.75) is 25.0 Å². The van der Waals surface area contributed by atoms with Crippen LogP contribution in [0.5, 0.6) is 0 Å². The molecule has 1 aliphatic heterocycles. The number of aromatic amines is 1. The molecule has 0 spiro atoms. The Labute approximate surface area is 139 Å². The van der Waals surface area contributed by atoms with Gasteiger partial charge in [0.25, 0.3) is 5.91 Å². The van der Waals surface area contributed by atoms with E-state index in [1.165, 1.54) is 12.1 Å². The lowest BCUT2D eigenvalue weighted by molar-refractivity contribution is 0.0950. The molecule has 1 atom stereocenters. The van der Waals surface area contributed by atoms with Crippen LogP contribution in [0.15, 0.2) is 24.3 Å². The quantitative estimate of drug-likeness (QED) is 0.874. The van der Waals surface area contributed by atoms with Crippen LogP contribution in [0.1, 0.15) is 40.4 Å². The van der Waals surface area contributed by atoms with Crippen molar-refractivity contribution in [2.24, 2.45) is 0 Å². The summed E-state index contributed by atoms with van der Waals surface area (Å²) in [5.41, 5.74) is 1.75. The average Bonchev–Trinajstić information content (AvgIpc) is 2.87. The molecule has 6 nitrogen and oxygen atoms in total. The number of hydrogen-bond donors (Lipinski definition) is 2. The van der Waals surface area contributed by atoms with Gasteiger partial charge in [0.2, 0.25) is 0 Å². The zero-order valence-corrected chi connectivity index (χ0v) is 14.0. The number of aromatic nitrogens is 2. The van der Waals surface area contributed by atoms with Gasteiger partial charge >= 0.3 is 0 Å². The van der Waals surface area contributed by atoms with Crippen molar-refractivity contribution in [3.8, 4) is 0 Å². The van der Waals surface area contributed by atoms with Gasteiger partial charge in [-0.2, -0.15) is 0 Å². The number of H-pyrrole nitrogens is 1. The molecule has 128 valence electrons. The molecule has 8 heteroatoms. The van der Waals surface area contributed by atoms with E-state index in [4.69, 9.17) is 0 Å². The van der Waals surface area contributed by atoms with E-state index < -0.39 is 9.84 Å². The summed E-state index contributed by atoms with van der Waals surface area (Å²) in [6.07, 6.45) is 0.499. The number of amides is 1. The first kappa shape index (κ1) is 16.6. The maximum Gasteiger partial charge on any atom is 0.271 e. The smallest absolute Gasteiger partial charge is 0.271 e. The van der Waals surface area contributed by atoms with E-state index in [0.717, 1.165) is 5.56 Å². The van der Waals surface area contributed by atoms with Crippen LogP contribution in [0.4, 0.5) is 4.39 Å². The lowest BCUT2D eigenvalue weighted by atomic mass is 9.94. The maximum atomic E-state index is 13.1. The number of imidazole rings is 1. The molecule has 1 aromatic carbocycles. The van der Waals surface area contributed by atoms with Gasteiger partial charge < -0.3 is 10.3 Å². The third-order valence-electron chi connectivity index (χ3n) is 4.14. The summed E-state index contributed by atoms with van der Waals surface area (Å²) in [5.74, 6) is -0.603. The van der Waals surface area contributed by atoms with E-state index >= 15 is 0 Å². The number of benzene rings is 1. The van der Waals surface area contributed by atoms with Gasteiger partial charge in [0, 0.05) is 23.9 Å². The number of sulfone groups is 1. The van der Waals surface area contributed by atoms with Crippen LogP contribution in [0.3, 0.4) is 0 Å². The Kier molecular flexibility index (Phi) is 4.40. The van der Waals surface area contributed by atoms with Crippen molar-refractivity contribution >= 4 is 15.7 Å². The molecule has 3 rings (SSSR count). The van der Waals surface area contributed by atoms with Crippen LogP contribution in [-0.2, 0) is 22.0 Å². The lowest BCUT2D eigenvalue weighted by Gasteiger charge is -2.14. The zero-order valence-electron chi connectivity index (χ0n) is 13.2. The highest BCUT2D eigenvalue weighted by atomic mass is 32.2. The van der Waals surface area contributed by atoms with Crippen molar-refractivity contribution in [3.05, 3.63) is 52.9 Å². The monoisotopic (exact) mass is 351 g/mol. The van der Waals surface area contributed by atoms with E-state index in [-0.39, 0.29) is 40.7 Å². The topological polar surface area (TPSA) is 91.9 Å². The predicted octanol–water partition coefficient (Wildman–Crippen LogP) is 1.55. The Morgan fingerprint density at radius 3 is 2.67 bits per heavy atom. The summed E-state index contributed by atoms with van der Waals surface area (Å²) in [7, 11) is -3.24. The van der Waals surface area contributed by atoms with Crippen LogP contribution >= 0.6 is 0 Å². The molecule has 0 aliphatic carbocycles. The van der Waals surface area contributed by atoms with Crippen LogP contribution < -0.4 is 5.32 Å². The predicted molar refractivity (Wildman–Crippen MR) is 86.9 cm³/mol. The Bertz CT molecular complexity index is 859. The third kappa shape index (κ3) is 3.48. The van der Waals surface area contributed by atoms with E-state index in [1.54, 1.807) is 19.1 Å². The Morgan fingerprint density at radius 1 is 1.29 bits per heavy atom. The van der Waals surface area contributed by atoms with Crippen LogP contribution in [0, 0.1) is 5.82 Å². The highest BCUT2D eigenvalue weighted by Gasteiger charge is 2.27. The van der Waals surface area contributed by atoms with Gasteiger partial charge in [-0.1, -0.05) is 19.1 Å². The highest BCUT2D eigenvalue weighted by molar-refractivity contribution is 7.90. The summed E-state index contributed by atoms with van der Waals surface area (Å²) < 4.78 is 36.6. The summed E-state index contributed by atoms with van der Waals surface area (Å²) in [4.78, 5) is 19.3. The number of carbonyl (C=O) groups excluding carboxylic acids is 1. The van der Waals surface area contributed by atoms with Gasteiger partial charge in [0.05, 0.1) is 0 Å². The standard InChI is InChI=1S/C16H18FN3O3S/c1-2-24(22,23)9-14-19-13-7-11(8-18-16(21)15(13)20-14)10-3-5-12(17)6-4-10/h3-6,11H,2,7-9H2,1H3,(H,18,21)(H,19,20). The number of hydrogen-bond acceptors (Lipinski definition) is 4. The van der Waals surface area contributed by atoms with Gasteiger partial charge in [-0.25, -0.2) is 17.8 Å². The minimum atomic E-state index is -3.24. The van der Waals surface area contributed by atoms with Gasteiger partial charge in [-0.3, -0.25) is 4.79 Å². The fourth-order valence-corrected chi connectivity index (χ4v) is 3.52. The van der Waals surface area contributed by atoms with E-state index in [0.29, 0.717) is 18.7 Å². The molecule has 2 N–H and O–H groups in total. The first-order valence-electron chi connectivity index (χ1n) is 7.70. The average molecular weight is 351 g/mol. The van der Waals surface area contributed by atoms with Gasteiger partial charge in [0.1, 0.15) is 23.1 Å². The Morgan fingerprint density at radius 2 is 2.00 bits per heavy atom. The summed E-state index contributed by atoms with van der Waals surface area (Å²) >= 11 is 0. The molecule has 0 fully saturated rings. The lowest BCUT2D eigenvalue weighted by Crippen LogP contribution is -2.26. The second-order valence-electron chi connectivity index (χ2n) is 5.85. The fraction of sp³-hybridized carbons (Fsp3) is 0.375. The summed E-state index contributed by atoms with van der Waals surface area (Å²) in [5, 5.41) is 2.79. The second-order valence-corrected chi connectivity index (χ2v) is 8.20. The Balaban J connectivity index is 1.89. The molecular formula is C16H18FN3O3S. The number of nitrogens with zero attached hydrogens (tertiary/aromatic N) is 1. The largest absolute Gasteiger partial charge is 0.350 e.